The number of aromatic carboxylic acids is 1. The fourth-order valence-corrected chi connectivity index (χ4v) is 2.44. The first kappa shape index (κ1) is 12.7. The van der Waals surface area contributed by atoms with Gasteiger partial charge in [-0.15, -0.1) is 11.3 Å². The van der Waals surface area contributed by atoms with Crippen LogP contribution in [0.5, 0.6) is 0 Å². The maximum absolute atomic E-state index is 13.0. The second-order valence-electron chi connectivity index (χ2n) is 3.58. The van der Waals surface area contributed by atoms with Gasteiger partial charge in [-0.25, -0.2) is 13.6 Å². The van der Waals surface area contributed by atoms with Gasteiger partial charge in [0.15, 0.2) is 11.6 Å². The molecule has 2 rings (SSSR count). The van der Waals surface area contributed by atoms with Crippen LogP contribution in [0.1, 0.15) is 26.9 Å². The number of aliphatic hydroxyl groups is 1. The van der Waals surface area contributed by atoms with E-state index in [2.05, 4.69) is 0 Å². The van der Waals surface area contributed by atoms with E-state index >= 15 is 0 Å². The summed E-state index contributed by atoms with van der Waals surface area (Å²) in [6.07, 6.45) is -1.29. The lowest BCUT2D eigenvalue weighted by Gasteiger charge is -2.10. The van der Waals surface area contributed by atoms with Gasteiger partial charge in [0.05, 0.1) is 10.4 Å². The van der Waals surface area contributed by atoms with E-state index in [-0.39, 0.29) is 16.0 Å². The highest BCUT2D eigenvalue weighted by Crippen LogP contribution is 2.30. The SMILES string of the molecule is O=C(O)c1ccsc1C(O)c1ccc(F)c(F)c1. The van der Waals surface area contributed by atoms with Gasteiger partial charge in [-0.1, -0.05) is 6.07 Å². The van der Waals surface area contributed by atoms with Crippen molar-refractivity contribution >= 4 is 17.3 Å². The Kier molecular flexibility index (Phi) is 3.40. The summed E-state index contributed by atoms with van der Waals surface area (Å²) in [7, 11) is 0. The molecule has 0 spiro atoms. The molecule has 0 bridgehead atoms. The largest absolute Gasteiger partial charge is 0.478 e. The fraction of sp³-hybridized carbons (Fsp3) is 0.0833. The number of aliphatic hydroxyl groups excluding tert-OH is 1. The standard InChI is InChI=1S/C12H8F2O3S/c13-8-2-1-6(5-9(8)14)10(15)11-7(12(16)17)3-4-18-11/h1-5,10,15H,(H,16,17). The Hall–Kier alpha value is -1.79. The Labute approximate surface area is 105 Å². The molecule has 18 heavy (non-hydrogen) atoms. The molecule has 0 fully saturated rings. The summed E-state index contributed by atoms with van der Waals surface area (Å²) < 4.78 is 25.8. The molecule has 1 atom stereocenters. The number of benzene rings is 1. The number of carboxylic acid groups (broad SMARTS) is 1. The van der Waals surface area contributed by atoms with Crippen LogP contribution in [-0.4, -0.2) is 16.2 Å². The number of carboxylic acids is 1. The molecular formula is C12H8F2O3S. The van der Waals surface area contributed by atoms with Crippen LogP contribution in [0.3, 0.4) is 0 Å². The number of hydrogen-bond acceptors (Lipinski definition) is 3. The van der Waals surface area contributed by atoms with Crippen LogP contribution in [-0.2, 0) is 0 Å². The minimum absolute atomic E-state index is 0.0442. The molecule has 1 aromatic heterocycles. The molecule has 1 heterocycles. The second kappa shape index (κ2) is 4.83. The minimum Gasteiger partial charge on any atom is -0.478 e. The smallest absolute Gasteiger partial charge is 0.336 e. The zero-order chi connectivity index (χ0) is 13.3. The van der Waals surface area contributed by atoms with E-state index in [9.17, 15) is 18.7 Å². The molecule has 0 aliphatic rings. The molecule has 94 valence electrons. The zero-order valence-corrected chi connectivity index (χ0v) is 9.75. The van der Waals surface area contributed by atoms with Crippen LogP contribution in [0.15, 0.2) is 29.6 Å². The molecule has 0 radical (unpaired) electrons. The predicted octanol–water partition coefficient (Wildman–Crippen LogP) is 2.81. The van der Waals surface area contributed by atoms with Gasteiger partial charge in [-0.3, -0.25) is 0 Å². The molecule has 6 heteroatoms. The third kappa shape index (κ3) is 2.25. The highest BCUT2D eigenvalue weighted by atomic mass is 32.1. The number of rotatable bonds is 3. The average molecular weight is 270 g/mol. The quantitative estimate of drug-likeness (QED) is 0.901. The van der Waals surface area contributed by atoms with E-state index in [0.29, 0.717) is 0 Å². The van der Waals surface area contributed by atoms with Crippen molar-refractivity contribution in [3.8, 4) is 0 Å². The van der Waals surface area contributed by atoms with Crippen molar-refractivity contribution in [1.82, 2.24) is 0 Å². The zero-order valence-electron chi connectivity index (χ0n) is 8.93. The minimum atomic E-state index is -1.29. The highest BCUT2D eigenvalue weighted by Gasteiger charge is 2.21. The first-order chi connectivity index (χ1) is 8.50. The normalized spacial score (nSPS) is 12.4. The van der Waals surface area contributed by atoms with E-state index < -0.39 is 23.7 Å². The lowest BCUT2D eigenvalue weighted by Crippen LogP contribution is -2.05. The Morgan fingerprint density at radius 1 is 1.22 bits per heavy atom. The van der Waals surface area contributed by atoms with Crippen molar-refractivity contribution in [1.29, 1.82) is 0 Å². The Morgan fingerprint density at radius 2 is 1.94 bits per heavy atom. The molecule has 0 aliphatic carbocycles. The Balaban J connectivity index is 2.41. The van der Waals surface area contributed by atoms with E-state index in [1.54, 1.807) is 0 Å². The van der Waals surface area contributed by atoms with Crippen LogP contribution in [0.25, 0.3) is 0 Å². The molecule has 2 aromatic rings. The molecule has 0 aliphatic heterocycles. The van der Waals surface area contributed by atoms with Gasteiger partial charge >= 0.3 is 5.97 Å². The molecule has 3 nitrogen and oxygen atoms in total. The van der Waals surface area contributed by atoms with Crippen LogP contribution >= 0.6 is 11.3 Å². The van der Waals surface area contributed by atoms with Gasteiger partial charge in [0, 0.05) is 0 Å². The molecule has 0 saturated carbocycles. The van der Waals surface area contributed by atoms with Gasteiger partial charge in [0.25, 0.3) is 0 Å². The highest BCUT2D eigenvalue weighted by molar-refractivity contribution is 7.10. The van der Waals surface area contributed by atoms with Crippen molar-refractivity contribution in [2.75, 3.05) is 0 Å². The first-order valence-electron chi connectivity index (χ1n) is 4.94. The maximum atomic E-state index is 13.0. The maximum Gasteiger partial charge on any atom is 0.336 e. The average Bonchev–Trinajstić information content (AvgIpc) is 2.81. The van der Waals surface area contributed by atoms with Crippen LogP contribution in [0.4, 0.5) is 8.78 Å². The van der Waals surface area contributed by atoms with Crippen molar-refractivity contribution in [3.63, 3.8) is 0 Å². The predicted molar refractivity (Wildman–Crippen MR) is 61.7 cm³/mol. The Morgan fingerprint density at radius 3 is 2.56 bits per heavy atom. The van der Waals surface area contributed by atoms with E-state index in [4.69, 9.17) is 5.11 Å². The van der Waals surface area contributed by atoms with E-state index in [0.717, 1.165) is 23.5 Å². The first-order valence-corrected chi connectivity index (χ1v) is 5.82. The molecule has 1 aromatic carbocycles. The van der Waals surface area contributed by atoms with E-state index in [1.165, 1.54) is 17.5 Å². The molecule has 1 unspecified atom stereocenters. The topological polar surface area (TPSA) is 57.5 Å². The van der Waals surface area contributed by atoms with Crippen LogP contribution < -0.4 is 0 Å². The fourth-order valence-electron chi connectivity index (χ4n) is 1.54. The molecule has 0 amide bonds. The van der Waals surface area contributed by atoms with Crippen LogP contribution in [0.2, 0.25) is 0 Å². The summed E-state index contributed by atoms with van der Waals surface area (Å²) in [5.74, 6) is -3.27. The summed E-state index contributed by atoms with van der Waals surface area (Å²) >= 11 is 1.04. The number of hydrogen-bond donors (Lipinski definition) is 2. The summed E-state index contributed by atoms with van der Waals surface area (Å²) in [5, 5.41) is 20.4. The molecule has 2 N–H and O–H groups in total. The Bertz CT molecular complexity index is 595. The number of thiophene rings is 1. The van der Waals surface area contributed by atoms with Gasteiger partial charge in [0.2, 0.25) is 0 Å². The lowest BCUT2D eigenvalue weighted by molar-refractivity contribution is 0.0692. The van der Waals surface area contributed by atoms with Crippen molar-refractivity contribution in [3.05, 3.63) is 57.3 Å². The monoisotopic (exact) mass is 270 g/mol. The van der Waals surface area contributed by atoms with Gasteiger partial charge in [0.1, 0.15) is 6.10 Å². The van der Waals surface area contributed by atoms with Gasteiger partial charge in [-0.05, 0) is 29.1 Å². The third-order valence-corrected chi connectivity index (χ3v) is 3.40. The van der Waals surface area contributed by atoms with E-state index in [1.807, 2.05) is 0 Å². The molecule has 0 saturated heterocycles. The summed E-state index contributed by atoms with van der Waals surface area (Å²) in [6.45, 7) is 0. The summed E-state index contributed by atoms with van der Waals surface area (Å²) in [5.41, 5.74) is 0.0658. The second-order valence-corrected chi connectivity index (χ2v) is 4.53. The van der Waals surface area contributed by atoms with Crippen molar-refractivity contribution < 1.29 is 23.8 Å². The lowest BCUT2D eigenvalue weighted by atomic mass is 10.1. The van der Waals surface area contributed by atoms with Crippen molar-refractivity contribution in [2.45, 2.75) is 6.10 Å². The van der Waals surface area contributed by atoms with Crippen molar-refractivity contribution in [2.24, 2.45) is 0 Å². The van der Waals surface area contributed by atoms with Crippen LogP contribution in [0, 0.1) is 11.6 Å². The number of halogens is 2. The van der Waals surface area contributed by atoms with Gasteiger partial charge in [-0.2, -0.15) is 0 Å². The summed E-state index contributed by atoms with van der Waals surface area (Å²) in [4.78, 5) is 11.1. The molecular weight excluding hydrogens is 262 g/mol. The van der Waals surface area contributed by atoms with Gasteiger partial charge < -0.3 is 10.2 Å². The summed E-state index contributed by atoms with van der Waals surface area (Å²) in [6, 6.07) is 4.31. The third-order valence-electron chi connectivity index (χ3n) is 2.43. The number of carbonyl (C=O) groups is 1.